The SMILES string of the molecule is CC1=CN(O)C([N+](=O)[O-])C=C1. The molecule has 0 aromatic rings. The lowest BCUT2D eigenvalue weighted by Gasteiger charge is -2.17. The maximum atomic E-state index is 10.2. The minimum absolute atomic E-state index is 0.570. The fraction of sp³-hybridized carbons (Fsp3) is 0.333. The number of nitrogens with zero attached hydrogens (tertiary/aromatic N) is 2. The molecule has 5 nitrogen and oxygen atoms in total. The Morgan fingerprint density at radius 3 is 2.91 bits per heavy atom. The minimum Gasteiger partial charge on any atom is -0.283 e. The molecule has 1 N–H and O–H groups in total. The van der Waals surface area contributed by atoms with Crippen molar-refractivity contribution in [3.8, 4) is 0 Å². The minimum atomic E-state index is -1.14. The normalized spacial score (nSPS) is 23.3. The van der Waals surface area contributed by atoms with Crippen molar-refractivity contribution in [3.05, 3.63) is 34.0 Å². The molecule has 0 spiro atoms. The Hall–Kier alpha value is -1.36. The molecule has 0 saturated heterocycles. The molecule has 0 aromatic heterocycles. The van der Waals surface area contributed by atoms with E-state index in [-0.39, 0.29) is 0 Å². The van der Waals surface area contributed by atoms with Gasteiger partial charge in [0.15, 0.2) is 0 Å². The van der Waals surface area contributed by atoms with Crippen LogP contribution < -0.4 is 0 Å². The molecule has 0 saturated carbocycles. The van der Waals surface area contributed by atoms with Gasteiger partial charge in [-0.1, -0.05) is 6.08 Å². The highest BCUT2D eigenvalue weighted by molar-refractivity contribution is 5.19. The van der Waals surface area contributed by atoms with Gasteiger partial charge < -0.3 is 0 Å². The zero-order valence-electron chi connectivity index (χ0n) is 5.97. The second-order valence-corrected chi connectivity index (χ2v) is 2.31. The van der Waals surface area contributed by atoms with Gasteiger partial charge in [-0.05, 0) is 12.5 Å². The van der Waals surface area contributed by atoms with Crippen LogP contribution in [0.15, 0.2) is 23.9 Å². The number of hydroxylamine groups is 2. The third kappa shape index (κ3) is 1.56. The average Bonchev–Trinajstić information content (AvgIpc) is 1.85. The molecule has 1 heterocycles. The smallest absolute Gasteiger partial charge is 0.283 e. The van der Waals surface area contributed by atoms with Gasteiger partial charge >= 0.3 is 6.17 Å². The summed E-state index contributed by atoms with van der Waals surface area (Å²) >= 11 is 0. The topological polar surface area (TPSA) is 66.6 Å². The second kappa shape index (κ2) is 2.71. The van der Waals surface area contributed by atoms with Gasteiger partial charge in [-0.2, -0.15) is 5.06 Å². The number of nitro groups is 1. The van der Waals surface area contributed by atoms with Crippen LogP contribution in [0, 0.1) is 10.1 Å². The maximum absolute atomic E-state index is 10.2. The molecule has 11 heavy (non-hydrogen) atoms. The van der Waals surface area contributed by atoms with Crippen molar-refractivity contribution in [1.82, 2.24) is 5.06 Å². The average molecular weight is 156 g/mol. The molecule has 0 radical (unpaired) electrons. The van der Waals surface area contributed by atoms with Crippen molar-refractivity contribution >= 4 is 0 Å². The molecule has 1 aliphatic rings. The van der Waals surface area contributed by atoms with E-state index in [1.165, 1.54) is 12.3 Å². The van der Waals surface area contributed by atoms with Crippen molar-refractivity contribution in [2.45, 2.75) is 13.1 Å². The largest absolute Gasteiger partial charge is 0.327 e. The number of allylic oxidation sites excluding steroid dienone is 2. The molecule has 1 atom stereocenters. The van der Waals surface area contributed by atoms with Crippen LogP contribution in [0.25, 0.3) is 0 Å². The van der Waals surface area contributed by atoms with Gasteiger partial charge in [0.2, 0.25) is 0 Å². The zero-order valence-corrected chi connectivity index (χ0v) is 5.97. The molecular weight excluding hydrogens is 148 g/mol. The van der Waals surface area contributed by atoms with Crippen molar-refractivity contribution in [3.63, 3.8) is 0 Å². The first-order valence-electron chi connectivity index (χ1n) is 3.08. The Morgan fingerprint density at radius 1 is 1.82 bits per heavy atom. The van der Waals surface area contributed by atoms with Gasteiger partial charge in [0, 0.05) is 12.3 Å². The van der Waals surface area contributed by atoms with Crippen LogP contribution >= 0.6 is 0 Å². The van der Waals surface area contributed by atoms with Gasteiger partial charge in [-0.3, -0.25) is 15.3 Å². The van der Waals surface area contributed by atoms with Crippen LogP contribution in [-0.2, 0) is 0 Å². The van der Waals surface area contributed by atoms with E-state index in [1.807, 2.05) is 0 Å². The van der Waals surface area contributed by atoms with Crippen LogP contribution in [0.3, 0.4) is 0 Å². The lowest BCUT2D eigenvalue weighted by atomic mass is 10.2. The van der Waals surface area contributed by atoms with Crippen LogP contribution in [0.2, 0.25) is 0 Å². The van der Waals surface area contributed by atoms with Crippen molar-refractivity contribution in [2.24, 2.45) is 0 Å². The Bertz CT molecular complexity index is 234. The predicted octanol–water partition coefficient (Wildman–Crippen LogP) is 0.754. The van der Waals surface area contributed by atoms with E-state index in [0.29, 0.717) is 5.06 Å². The molecule has 0 amide bonds. The van der Waals surface area contributed by atoms with Gasteiger partial charge in [-0.25, -0.2) is 0 Å². The highest BCUT2D eigenvalue weighted by Gasteiger charge is 2.23. The van der Waals surface area contributed by atoms with Crippen molar-refractivity contribution in [2.75, 3.05) is 0 Å². The van der Waals surface area contributed by atoms with Gasteiger partial charge in [0.05, 0.1) is 4.92 Å². The summed E-state index contributed by atoms with van der Waals surface area (Å²) in [4.78, 5) is 9.62. The Balaban J connectivity index is 2.77. The summed E-state index contributed by atoms with van der Waals surface area (Å²) in [7, 11) is 0. The maximum Gasteiger partial charge on any atom is 0.327 e. The van der Waals surface area contributed by atoms with E-state index in [0.717, 1.165) is 5.57 Å². The fourth-order valence-electron chi connectivity index (χ4n) is 0.821. The first-order valence-corrected chi connectivity index (χ1v) is 3.08. The lowest BCUT2D eigenvalue weighted by molar-refractivity contribution is -0.553. The van der Waals surface area contributed by atoms with E-state index in [9.17, 15) is 10.1 Å². The van der Waals surface area contributed by atoms with Gasteiger partial charge in [0.25, 0.3) is 0 Å². The molecule has 0 aromatic carbocycles. The summed E-state index contributed by atoms with van der Waals surface area (Å²) in [6, 6.07) is 0. The summed E-state index contributed by atoms with van der Waals surface area (Å²) in [6.45, 7) is 1.75. The summed E-state index contributed by atoms with van der Waals surface area (Å²) in [5.74, 6) is 0. The molecule has 1 unspecified atom stereocenters. The van der Waals surface area contributed by atoms with E-state index >= 15 is 0 Å². The van der Waals surface area contributed by atoms with Crippen LogP contribution in [0.4, 0.5) is 0 Å². The summed E-state index contributed by atoms with van der Waals surface area (Å²) in [5.41, 5.74) is 0.783. The molecule has 1 aliphatic heterocycles. The number of hydrogen-bond acceptors (Lipinski definition) is 4. The number of hydrogen-bond donors (Lipinski definition) is 1. The Morgan fingerprint density at radius 2 is 2.45 bits per heavy atom. The highest BCUT2D eigenvalue weighted by atomic mass is 16.6. The summed E-state index contributed by atoms with van der Waals surface area (Å²) in [5, 5.41) is 19.7. The van der Waals surface area contributed by atoms with Gasteiger partial charge in [0.1, 0.15) is 0 Å². The summed E-state index contributed by atoms with van der Waals surface area (Å²) in [6.07, 6.45) is 3.10. The molecule has 0 aliphatic carbocycles. The first-order chi connectivity index (χ1) is 5.11. The number of rotatable bonds is 1. The molecule has 60 valence electrons. The fourth-order valence-corrected chi connectivity index (χ4v) is 0.821. The van der Waals surface area contributed by atoms with Crippen molar-refractivity contribution < 1.29 is 10.1 Å². The monoisotopic (exact) mass is 156 g/mol. The Kier molecular flexibility index (Phi) is 1.91. The second-order valence-electron chi connectivity index (χ2n) is 2.31. The molecule has 0 fully saturated rings. The van der Waals surface area contributed by atoms with E-state index < -0.39 is 11.1 Å². The van der Waals surface area contributed by atoms with E-state index in [4.69, 9.17) is 5.21 Å². The first kappa shape index (κ1) is 7.74. The van der Waals surface area contributed by atoms with E-state index in [2.05, 4.69) is 0 Å². The standard InChI is InChI=1S/C6H8N2O3/c1-5-2-3-6(8(10)11)7(9)4-5/h2-4,6,9H,1H3. The molecule has 5 heteroatoms. The van der Waals surface area contributed by atoms with Crippen LogP contribution in [0.1, 0.15) is 6.92 Å². The van der Waals surface area contributed by atoms with Crippen LogP contribution in [0.5, 0.6) is 0 Å². The quantitative estimate of drug-likeness (QED) is 0.449. The van der Waals surface area contributed by atoms with E-state index in [1.54, 1.807) is 13.0 Å². The van der Waals surface area contributed by atoms with Gasteiger partial charge in [-0.15, -0.1) is 0 Å². The zero-order chi connectivity index (χ0) is 8.43. The van der Waals surface area contributed by atoms with Crippen LogP contribution in [-0.4, -0.2) is 21.4 Å². The molecular formula is C6H8N2O3. The third-order valence-electron chi connectivity index (χ3n) is 1.35. The third-order valence-corrected chi connectivity index (χ3v) is 1.35. The Labute approximate surface area is 63.3 Å². The molecule has 1 rings (SSSR count). The highest BCUT2D eigenvalue weighted by Crippen LogP contribution is 2.10. The molecule has 0 bridgehead atoms. The predicted molar refractivity (Wildman–Crippen MR) is 37.3 cm³/mol. The lowest BCUT2D eigenvalue weighted by Crippen LogP contribution is -2.34. The summed E-state index contributed by atoms with van der Waals surface area (Å²) < 4.78 is 0. The van der Waals surface area contributed by atoms with Crippen molar-refractivity contribution in [1.29, 1.82) is 0 Å².